The van der Waals surface area contributed by atoms with Crippen LogP contribution in [0.5, 0.6) is 0 Å². The lowest BCUT2D eigenvalue weighted by atomic mass is 10.3. The van der Waals surface area contributed by atoms with E-state index >= 15 is 0 Å². The summed E-state index contributed by atoms with van der Waals surface area (Å²) in [5.74, 6) is 0.624. The van der Waals surface area contributed by atoms with Gasteiger partial charge in [0.15, 0.2) is 0 Å². The van der Waals surface area contributed by atoms with Crippen LogP contribution < -0.4 is 5.32 Å². The Bertz CT molecular complexity index is 660. The molecule has 0 amide bonds. The van der Waals surface area contributed by atoms with Crippen LogP contribution in [0.15, 0.2) is 33.1 Å². The third kappa shape index (κ3) is 2.95. The van der Waals surface area contributed by atoms with E-state index in [1.165, 1.54) is 21.9 Å². The molecule has 0 atom stereocenters. The van der Waals surface area contributed by atoms with Gasteiger partial charge in [-0.25, -0.2) is 8.42 Å². The van der Waals surface area contributed by atoms with Crippen molar-refractivity contribution in [2.75, 3.05) is 14.1 Å². The second-order valence-corrected chi connectivity index (χ2v) is 7.49. The molecule has 0 aliphatic carbocycles. The summed E-state index contributed by atoms with van der Waals surface area (Å²) in [5.41, 5.74) is 0.784. The lowest BCUT2D eigenvalue weighted by Gasteiger charge is -2.17. The Morgan fingerprint density at radius 1 is 1.45 bits per heavy atom. The van der Waals surface area contributed by atoms with Crippen molar-refractivity contribution in [1.29, 1.82) is 0 Å². The van der Waals surface area contributed by atoms with Crippen LogP contribution in [-0.4, -0.2) is 26.8 Å². The van der Waals surface area contributed by atoms with E-state index in [1.807, 2.05) is 12.3 Å². The number of hydrogen-bond acceptors (Lipinski definition) is 5. The fraction of sp³-hybridized carbons (Fsp3) is 0.385. The molecule has 5 nitrogen and oxygen atoms in total. The fourth-order valence-corrected chi connectivity index (χ4v) is 4.88. The van der Waals surface area contributed by atoms with E-state index in [2.05, 4.69) is 5.32 Å². The zero-order valence-electron chi connectivity index (χ0n) is 11.7. The molecule has 0 aromatic carbocycles. The molecule has 2 heterocycles. The van der Waals surface area contributed by atoms with Gasteiger partial charge in [-0.1, -0.05) is 0 Å². The van der Waals surface area contributed by atoms with Gasteiger partial charge < -0.3 is 9.73 Å². The number of aryl methyl sites for hydroxylation is 1. The average Bonchev–Trinajstić information content (AvgIpc) is 3.00. The van der Waals surface area contributed by atoms with Crippen molar-refractivity contribution in [2.24, 2.45) is 0 Å². The molecule has 0 aliphatic rings. The van der Waals surface area contributed by atoms with Crippen molar-refractivity contribution in [3.8, 4) is 0 Å². The van der Waals surface area contributed by atoms with Gasteiger partial charge in [-0.2, -0.15) is 4.31 Å². The van der Waals surface area contributed by atoms with Gasteiger partial charge in [-0.05, 0) is 37.0 Å². The van der Waals surface area contributed by atoms with Crippen LogP contribution in [0.2, 0.25) is 0 Å². The topological polar surface area (TPSA) is 62.6 Å². The van der Waals surface area contributed by atoms with Gasteiger partial charge in [0.1, 0.15) is 10.7 Å². The Hall–Kier alpha value is -1.15. The molecule has 110 valence electrons. The first kappa shape index (κ1) is 15.2. The first-order valence-electron chi connectivity index (χ1n) is 6.17. The van der Waals surface area contributed by atoms with E-state index < -0.39 is 10.0 Å². The average molecular weight is 314 g/mol. The smallest absolute Gasteiger partial charge is 0.244 e. The minimum absolute atomic E-state index is 0.226. The predicted octanol–water partition coefficient (Wildman–Crippen LogP) is 2.19. The second kappa shape index (κ2) is 6.09. The Morgan fingerprint density at radius 3 is 2.80 bits per heavy atom. The molecule has 2 rings (SSSR count). The fourth-order valence-electron chi connectivity index (χ4n) is 1.98. The number of thiophene rings is 1. The van der Waals surface area contributed by atoms with Crippen molar-refractivity contribution in [3.63, 3.8) is 0 Å². The normalized spacial score (nSPS) is 12.2. The molecule has 1 N–H and O–H groups in total. The number of furan rings is 1. The zero-order valence-corrected chi connectivity index (χ0v) is 13.3. The van der Waals surface area contributed by atoms with Gasteiger partial charge in [0.25, 0.3) is 0 Å². The second-order valence-electron chi connectivity index (χ2n) is 4.54. The number of hydrogen-bond donors (Lipinski definition) is 1. The summed E-state index contributed by atoms with van der Waals surface area (Å²) in [6.07, 6.45) is 1.54. The highest BCUT2D eigenvalue weighted by Crippen LogP contribution is 2.29. The van der Waals surface area contributed by atoms with E-state index in [0.29, 0.717) is 17.2 Å². The van der Waals surface area contributed by atoms with Crippen LogP contribution in [0.1, 0.15) is 16.2 Å². The molecule has 20 heavy (non-hydrogen) atoms. The maximum atomic E-state index is 12.7. The van der Waals surface area contributed by atoms with Crippen molar-refractivity contribution < 1.29 is 12.8 Å². The Morgan fingerprint density at radius 2 is 2.20 bits per heavy atom. The SMILES string of the molecule is CNCc1scc(C)c1S(=O)(=O)N(C)Cc1ccco1. The first-order valence-corrected chi connectivity index (χ1v) is 8.49. The van der Waals surface area contributed by atoms with Crippen molar-refractivity contribution in [3.05, 3.63) is 40.0 Å². The first-order chi connectivity index (χ1) is 9.46. The van der Waals surface area contributed by atoms with Gasteiger partial charge in [-0.15, -0.1) is 11.3 Å². The molecular weight excluding hydrogens is 296 g/mol. The van der Waals surface area contributed by atoms with Crippen LogP contribution in [-0.2, 0) is 23.1 Å². The molecule has 0 unspecified atom stereocenters. The predicted molar refractivity (Wildman–Crippen MR) is 79.2 cm³/mol. The summed E-state index contributed by atoms with van der Waals surface area (Å²) in [7, 11) is -0.140. The van der Waals surface area contributed by atoms with Crippen molar-refractivity contribution in [1.82, 2.24) is 9.62 Å². The van der Waals surface area contributed by atoms with Crippen LogP contribution in [0, 0.1) is 6.92 Å². The largest absolute Gasteiger partial charge is 0.468 e. The third-order valence-corrected chi connectivity index (χ3v) is 6.22. The molecular formula is C13H18N2O3S2. The number of sulfonamides is 1. The summed E-state index contributed by atoms with van der Waals surface area (Å²) in [6, 6.07) is 3.51. The summed E-state index contributed by atoms with van der Waals surface area (Å²) >= 11 is 1.46. The van der Waals surface area contributed by atoms with Crippen LogP contribution in [0.4, 0.5) is 0 Å². The minimum Gasteiger partial charge on any atom is -0.468 e. The summed E-state index contributed by atoms with van der Waals surface area (Å²) in [6.45, 7) is 2.59. The van der Waals surface area contributed by atoms with Gasteiger partial charge in [0, 0.05) is 18.5 Å². The molecule has 2 aromatic heterocycles. The van der Waals surface area contributed by atoms with E-state index in [-0.39, 0.29) is 6.54 Å². The maximum Gasteiger partial charge on any atom is 0.244 e. The molecule has 7 heteroatoms. The van der Waals surface area contributed by atoms with Crippen LogP contribution in [0.25, 0.3) is 0 Å². The van der Waals surface area contributed by atoms with E-state index in [1.54, 1.807) is 26.2 Å². The molecule has 0 radical (unpaired) electrons. The van der Waals surface area contributed by atoms with Crippen molar-refractivity contribution in [2.45, 2.75) is 24.9 Å². The third-order valence-electron chi connectivity index (χ3n) is 2.95. The quantitative estimate of drug-likeness (QED) is 0.888. The van der Waals surface area contributed by atoms with Gasteiger partial charge in [0.2, 0.25) is 10.0 Å². The Kier molecular flexibility index (Phi) is 4.64. The Labute approximate surface area is 123 Å². The monoisotopic (exact) mass is 314 g/mol. The highest BCUT2D eigenvalue weighted by atomic mass is 32.2. The molecule has 2 aromatic rings. The molecule has 0 saturated carbocycles. The zero-order chi connectivity index (χ0) is 14.8. The van der Waals surface area contributed by atoms with E-state index in [9.17, 15) is 8.42 Å². The van der Waals surface area contributed by atoms with Crippen LogP contribution in [0.3, 0.4) is 0 Å². The maximum absolute atomic E-state index is 12.7. The molecule has 0 aliphatic heterocycles. The highest BCUT2D eigenvalue weighted by Gasteiger charge is 2.27. The lowest BCUT2D eigenvalue weighted by Crippen LogP contribution is -2.27. The standard InChI is InChI=1S/C13H18N2O3S2/c1-10-9-19-12(7-14-2)13(10)20(16,17)15(3)8-11-5-4-6-18-11/h4-6,9,14H,7-8H2,1-3H3. The Balaban J connectivity index is 2.32. The number of nitrogens with zero attached hydrogens (tertiary/aromatic N) is 1. The van der Waals surface area contributed by atoms with E-state index in [0.717, 1.165) is 10.4 Å². The molecule has 0 saturated heterocycles. The lowest BCUT2D eigenvalue weighted by molar-refractivity contribution is 0.406. The molecule has 0 fully saturated rings. The number of nitrogens with one attached hydrogen (secondary N) is 1. The molecule has 0 bridgehead atoms. The van der Waals surface area contributed by atoms with Crippen LogP contribution >= 0.6 is 11.3 Å². The minimum atomic E-state index is -3.51. The van der Waals surface area contributed by atoms with Gasteiger partial charge >= 0.3 is 0 Å². The van der Waals surface area contributed by atoms with Gasteiger partial charge in [0.05, 0.1) is 12.8 Å². The summed E-state index contributed by atoms with van der Waals surface area (Å²) in [5, 5.41) is 4.88. The highest BCUT2D eigenvalue weighted by molar-refractivity contribution is 7.89. The molecule has 0 spiro atoms. The van der Waals surface area contributed by atoms with Gasteiger partial charge in [-0.3, -0.25) is 0 Å². The van der Waals surface area contributed by atoms with E-state index in [4.69, 9.17) is 4.42 Å². The summed E-state index contributed by atoms with van der Waals surface area (Å²) in [4.78, 5) is 1.24. The number of rotatable bonds is 6. The van der Waals surface area contributed by atoms with Crippen molar-refractivity contribution >= 4 is 21.4 Å². The summed E-state index contributed by atoms with van der Waals surface area (Å²) < 4.78 is 31.9.